The predicted molar refractivity (Wildman–Crippen MR) is 79.9 cm³/mol. The zero-order valence-corrected chi connectivity index (χ0v) is 13.1. The van der Waals surface area contributed by atoms with E-state index in [0.717, 1.165) is 12.6 Å². The third kappa shape index (κ3) is 3.64. The van der Waals surface area contributed by atoms with Gasteiger partial charge in [-0.3, -0.25) is 0 Å². The fourth-order valence-corrected chi connectivity index (χ4v) is 2.83. The largest absolute Gasteiger partial charge is 0.417 e. The third-order valence-electron chi connectivity index (χ3n) is 3.99. The molecule has 1 fully saturated rings. The van der Waals surface area contributed by atoms with E-state index in [4.69, 9.17) is 11.6 Å². The van der Waals surface area contributed by atoms with Crippen LogP contribution in [0, 0.1) is 5.92 Å². The Labute approximate surface area is 128 Å². The Hall–Kier alpha value is -0.940. The van der Waals surface area contributed by atoms with E-state index in [-0.39, 0.29) is 17.1 Å². The van der Waals surface area contributed by atoms with E-state index in [1.807, 2.05) is 11.8 Å². The van der Waals surface area contributed by atoms with Crippen LogP contribution in [0.2, 0.25) is 5.02 Å². The molecule has 6 heteroatoms. The summed E-state index contributed by atoms with van der Waals surface area (Å²) in [5.41, 5.74) is -0.195. The van der Waals surface area contributed by atoms with Gasteiger partial charge in [0.15, 0.2) is 0 Å². The Balaban J connectivity index is 2.32. The summed E-state index contributed by atoms with van der Waals surface area (Å²) in [6, 6.07) is 4.56. The maximum Gasteiger partial charge on any atom is 0.417 e. The summed E-state index contributed by atoms with van der Waals surface area (Å²) in [6.07, 6.45) is -4.43. The van der Waals surface area contributed by atoms with Gasteiger partial charge in [-0.2, -0.15) is 13.2 Å². The first-order chi connectivity index (χ1) is 9.70. The van der Waals surface area contributed by atoms with Crippen LogP contribution in [-0.4, -0.2) is 25.2 Å². The Kier molecular flexibility index (Phi) is 4.73. The van der Waals surface area contributed by atoms with E-state index >= 15 is 0 Å². The summed E-state index contributed by atoms with van der Waals surface area (Å²) in [5, 5.41) is 3.18. The molecule has 2 nitrogen and oxygen atoms in total. The van der Waals surface area contributed by atoms with Crippen molar-refractivity contribution in [3.8, 4) is 0 Å². The quantitative estimate of drug-likeness (QED) is 0.879. The van der Waals surface area contributed by atoms with E-state index in [1.165, 1.54) is 6.07 Å². The number of hydrogen-bond acceptors (Lipinski definition) is 2. The minimum Gasteiger partial charge on any atom is -0.366 e. The number of benzene rings is 1. The lowest BCUT2D eigenvalue weighted by Crippen LogP contribution is -2.57. The lowest BCUT2D eigenvalue weighted by Gasteiger charge is -2.42. The van der Waals surface area contributed by atoms with Crippen LogP contribution in [0.15, 0.2) is 18.2 Å². The van der Waals surface area contributed by atoms with E-state index < -0.39 is 11.7 Å². The number of anilines is 1. The maximum atomic E-state index is 13.0. The average molecular weight is 321 g/mol. The molecule has 2 atom stereocenters. The molecule has 0 spiro atoms. The highest BCUT2D eigenvalue weighted by atomic mass is 35.5. The molecule has 0 radical (unpaired) electrons. The summed E-state index contributed by atoms with van der Waals surface area (Å²) in [7, 11) is 0. The fraction of sp³-hybridized carbons (Fsp3) is 0.600. The average Bonchev–Trinajstić information content (AvgIpc) is 2.38. The van der Waals surface area contributed by atoms with Crippen molar-refractivity contribution in [3.63, 3.8) is 0 Å². The van der Waals surface area contributed by atoms with Gasteiger partial charge in [0.1, 0.15) is 0 Å². The van der Waals surface area contributed by atoms with E-state index in [9.17, 15) is 13.2 Å². The highest BCUT2D eigenvalue weighted by molar-refractivity contribution is 6.31. The first-order valence-electron chi connectivity index (χ1n) is 7.07. The molecule has 1 aromatic rings. The van der Waals surface area contributed by atoms with Gasteiger partial charge in [0, 0.05) is 30.9 Å². The van der Waals surface area contributed by atoms with Gasteiger partial charge in [-0.25, -0.2) is 0 Å². The number of halogens is 4. The second-order valence-corrected chi connectivity index (χ2v) is 6.33. The minimum absolute atomic E-state index is 0.141. The van der Waals surface area contributed by atoms with Crippen LogP contribution in [0.5, 0.6) is 0 Å². The summed E-state index contributed by atoms with van der Waals surface area (Å²) in [4.78, 5) is 2.02. The molecule has 0 bridgehead atoms. The number of rotatable bonds is 2. The summed E-state index contributed by atoms with van der Waals surface area (Å²) in [5.74, 6) is 0.425. The summed E-state index contributed by atoms with van der Waals surface area (Å²) in [6.45, 7) is 7.67. The number of nitrogens with one attached hydrogen (secondary N) is 1. The molecule has 1 aliphatic rings. The SMILES string of the molecule is CC(C)C1CN(c2ccc(Cl)c(C(F)(F)F)c2)C(C)CN1. The first-order valence-corrected chi connectivity index (χ1v) is 7.44. The smallest absolute Gasteiger partial charge is 0.366 e. The zero-order chi connectivity index (χ0) is 15.8. The molecule has 0 amide bonds. The van der Waals surface area contributed by atoms with Crippen molar-refractivity contribution >= 4 is 17.3 Å². The molecule has 21 heavy (non-hydrogen) atoms. The van der Waals surface area contributed by atoms with Crippen molar-refractivity contribution < 1.29 is 13.2 Å². The molecule has 0 aliphatic carbocycles. The Bertz CT molecular complexity index is 502. The highest BCUT2D eigenvalue weighted by Crippen LogP contribution is 2.37. The van der Waals surface area contributed by atoms with Crippen LogP contribution < -0.4 is 10.2 Å². The highest BCUT2D eigenvalue weighted by Gasteiger charge is 2.35. The van der Waals surface area contributed by atoms with Crippen molar-refractivity contribution in [2.75, 3.05) is 18.0 Å². The zero-order valence-electron chi connectivity index (χ0n) is 12.3. The van der Waals surface area contributed by atoms with Crippen LogP contribution in [0.25, 0.3) is 0 Å². The minimum atomic E-state index is -4.43. The molecule has 118 valence electrons. The number of hydrogen-bond donors (Lipinski definition) is 1. The predicted octanol–water partition coefficient (Wildman–Crippen LogP) is 4.18. The second kappa shape index (κ2) is 6.05. The van der Waals surface area contributed by atoms with Crippen molar-refractivity contribution in [1.82, 2.24) is 5.32 Å². The van der Waals surface area contributed by atoms with Gasteiger partial charge in [0.05, 0.1) is 10.6 Å². The van der Waals surface area contributed by atoms with Crippen LogP contribution >= 0.6 is 11.6 Å². The molecule has 2 rings (SSSR count). The molecule has 0 saturated carbocycles. The van der Waals surface area contributed by atoms with E-state index in [1.54, 1.807) is 6.07 Å². The third-order valence-corrected chi connectivity index (χ3v) is 4.32. The Morgan fingerprint density at radius 1 is 1.33 bits per heavy atom. The number of nitrogens with zero attached hydrogens (tertiary/aromatic N) is 1. The maximum absolute atomic E-state index is 13.0. The molecular formula is C15H20ClF3N2. The number of alkyl halides is 3. The second-order valence-electron chi connectivity index (χ2n) is 5.92. The normalized spacial score (nSPS) is 23.7. The molecule has 1 N–H and O–H groups in total. The van der Waals surface area contributed by atoms with Crippen LogP contribution in [0.1, 0.15) is 26.3 Å². The van der Waals surface area contributed by atoms with Gasteiger partial charge in [-0.15, -0.1) is 0 Å². The van der Waals surface area contributed by atoms with Gasteiger partial charge in [-0.1, -0.05) is 25.4 Å². The van der Waals surface area contributed by atoms with Gasteiger partial charge in [0.2, 0.25) is 0 Å². The lowest BCUT2D eigenvalue weighted by molar-refractivity contribution is -0.137. The molecular weight excluding hydrogens is 301 g/mol. The van der Waals surface area contributed by atoms with Gasteiger partial charge in [0.25, 0.3) is 0 Å². The van der Waals surface area contributed by atoms with Gasteiger partial charge in [-0.05, 0) is 31.0 Å². The molecule has 0 aromatic heterocycles. The van der Waals surface area contributed by atoms with Gasteiger partial charge >= 0.3 is 6.18 Å². The summed E-state index contributed by atoms with van der Waals surface area (Å²) < 4.78 is 38.9. The molecule has 1 heterocycles. The summed E-state index contributed by atoms with van der Waals surface area (Å²) >= 11 is 5.68. The Morgan fingerprint density at radius 3 is 2.57 bits per heavy atom. The monoisotopic (exact) mass is 320 g/mol. The molecule has 1 saturated heterocycles. The first kappa shape index (κ1) is 16.4. The topological polar surface area (TPSA) is 15.3 Å². The van der Waals surface area contributed by atoms with Crippen molar-refractivity contribution in [2.45, 2.75) is 39.0 Å². The van der Waals surface area contributed by atoms with E-state index in [0.29, 0.717) is 18.2 Å². The molecule has 1 aromatic carbocycles. The van der Waals surface area contributed by atoms with Crippen LogP contribution in [0.4, 0.5) is 18.9 Å². The van der Waals surface area contributed by atoms with Crippen molar-refractivity contribution in [3.05, 3.63) is 28.8 Å². The lowest BCUT2D eigenvalue weighted by atomic mass is 9.99. The fourth-order valence-electron chi connectivity index (χ4n) is 2.60. The molecule has 1 aliphatic heterocycles. The number of piperazine rings is 1. The van der Waals surface area contributed by atoms with E-state index in [2.05, 4.69) is 19.2 Å². The van der Waals surface area contributed by atoms with Crippen LogP contribution in [-0.2, 0) is 6.18 Å². The van der Waals surface area contributed by atoms with Crippen molar-refractivity contribution in [2.24, 2.45) is 5.92 Å². The van der Waals surface area contributed by atoms with Gasteiger partial charge < -0.3 is 10.2 Å². The standard InChI is InChI=1S/C15H20ClF3N2/c1-9(2)14-8-21(10(3)7-20-14)11-4-5-13(16)12(6-11)15(17,18)19/h4-6,9-10,14,20H,7-8H2,1-3H3. The van der Waals surface area contributed by atoms with Crippen molar-refractivity contribution in [1.29, 1.82) is 0 Å². The molecule has 2 unspecified atom stereocenters. The van der Waals surface area contributed by atoms with Crippen LogP contribution in [0.3, 0.4) is 0 Å². The Morgan fingerprint density at radius 2 is 2.00 bits per heavy atom.